The number of hydrogen-bond acceptors (Lipinski definition) is 4. The van der Waals surface area contributed by atoms with Crippen molar-refractivity contribution in [3.63, 3.8) is 0 Å². The average molecular weight is 420 g/mol. The van der Waals surface area contributed by atoms with Crippen molar-refractivity contribution >= 4 is 16.9 Å². The quantitative estimate of drug-likeness (QED) is 0.611. The molecule has 1 aliphatic heterocycles. The molecule has 2 aromatic carbocycles. The highest BCUT2D eigenvalue weighted by Gasteiger charge is 2.28. The van der Waals surface area contributed by atoms with Crippen molar-refractivity contribution in [2.45, 2.75) is 58.5 Å². The highest BCUT2D eigenvalue weighted by atomic mass is 16.5. The summed E-state index contributed by atoms with van der Waals surface area (Å²) >= 11 is 0. The molecule has 2 heterocycles. The molecule has 0 fully saturated rings. The second-order valence-electron chi connectivity index (χ2n) is 9.10. The van der Waals surface area contributed by atoms with Crippen molar-refractivity contribution in [1.29, 1.82) is 0 Å². The van der Waals surface area contributed by atoms with Crippen LogP contribution in [0.2, 0.25) is 0 Å². The molecular formula is C26H29NO4. The van der Waals surface area contributed by atoms with Gasteiger partial charge in [-0.3, -0.25) is 4.79 Å². The molecule has 1 atom stereocenters. The van der Waals surface area contributed by atoms with Gasteiger partial charge in [0, 0.05) is 18.0 Å². The Kier molecular flexibility index (Phi) is 5.61. The fourth-order valence-corrected chi connectivity index (χ4v) is 4.13. The Morgan fingerprint density at radius 3 is 2.68 bits per heavy atom. The Hall–Kier alpha value is -3.08. The van der Waals surface area contributed by atoms with Crippen LogP contribution in [0.3, 0.4) is 0 Å². The van der Waals surface area contributed by atoms with Crippen LogP contribution in [-0.2, 0) is 17.6 Å². The molecule has 1 unspecified atom stereocenters. The molecule has 1 N–H and O–H groups in total. The van der Waals surface area contributed by atoms with Gasteiger partial charge in [-0.2, -0.15) is 0 Å². The van der Waals surface area contributed by atoms with Gasteiger partial charge in [0.05, 0.1) is 12.0 Å². The summed E-state index contributed by atoms with van der Waals surface area (Å²) < 4.78 is 11.7. The van der Waals surface area contributed by atoms with E-state index in [9.17, 15) is 9.59 Å². The largest absolute Gasteiger partial charge is 0.487 e. The molecule has 1 amide bonds. The van der Waals surface area contributed by atoms with Gasteiger partial charge < -0.3 is 14.5 Å². The zero-order valence-electron chi connectivity index (χ0n) is 18.6. The average Bonchev–Trinajstić information content (AvgIpc) is 2.74. The highest BCUT2D eigenvalue weighted by Crippen LogP contribution is 2.36. The van der Waals surface area contributed by atoms with Crippen molar-refractivity contribution in [3.05, 3.63) is 75.1 Å². The van der Waals surface area contributed by atoms with Crippen molar-refractivity contribution in [2.24, 2.45) is 0 Å². The standard InChI is InChI=1S/C26H29NO4/c1-16(18-8-6-5-7-9-18)15-27-24(28)13-21-17(2)20-12-19-10-11-26(3,4)31-22(19)14-23(20)30-25(21)29/h5-9,12,14,16H,10-11,13,15H2,1-4H3,(H,27,28). The molecule has 1 aliphatic rings. The summed E-state index contributed by atoms with van der Waals surface area (Å²) in [5.41, 5.74) is 3.28. The van der Waals surface area contributed by atoms with E-state index in [1.165, 1.54) is 5.56 Å². The summed E-state index contributed by atoms with van der Waals surface area (Å²) in [6, 6.07) is 13.9. The van der Waals surface area contributed by atoms with E-state index in [0.29, 0.717) is 17.7 Å². The molecule has 0 aliphatic carbocycles. The first-order chi connectivity index (χ1) is 14.7. The molecule has 0 saturated carbocycles. The van der Waals surface area contributed by atoms with Gasteiger partial charge in [-0.15, -0.1) is 0 Å². The van der Waals surface area contributed by atoms with Crippen LogP contribution in [-0.4, -0.2) is 18.1 Å². The second kappa shape index (κ2) is 8.22. The second-order valence-corrected chi connectivity index (χ2v) is 9.10. The van der Waals surface area contributed by atoms with E-state index in [2.05, 4.69) is 26.1 Å². The van der Waals surface area contributed by atoms with E-state index in [4.69, 9.17) is 9.15 Å². The molecule has 0 bridgehead atoms. The van der Waals surface area contributed by atoms with Gasteiger partial charge in [-0.05, 0) is 62.3 Å². The molecule has 1 aromatic heterocycles. The fourth-order valence-electron chi connectivity index (χ4n) is 4.13. The minimum absolute atomic E-state index is 0.00618. The number of hydrogen-bond donors (Lipinski definition) is 1. The molecule has 0 saturated heterocycles. The molecule has 0 spiro atoms. The Labute approximate surface area is 182 Å². The third-order valence-electron chi connectivity index (χ3n) is 6.16. The summed E-state index contributed by atoms with van der Waals surface area (Å²) in [5.74, 6) is 0.780. The maximum Gasteiger partial charge on any atom is 0.340 e. The number of rotatable bonds is 5. The predicted octanol–water partition coefficient (Wildman–Crippen LogP) is 4.67. The highest BCUT2D eigenvalue weighted by molar-refractivity contribution is 5.86. The SMILES string of the molecule is Cc1c(CC(=O)NCC(C)c2ccccc2)c(=O)oc2cc3c(cc12)CCC(C)(C)O3. The third-order valence-corrected chi connectivity index (χ3v) is 6.16. The number of amides is 1. The van der Waals surface area contributed by atoms with Crippen LogP contribution < -0.4 is 15.7 Å². The summed E-state index contributed by atoms with van der Waals surface area (Å²) in [7, 11) is 0. The van der Waals surface area contributed by atoms with Crippen molar-refractivity contribution in [3.8, 4) is 5.75 Å². The van der Waals surface area contributed by atoms with Gasteiger partial charge in [-0.1, -0.05) is 37.3 Å². The molecule has 4 rings (SSSR count). The number of aryl methyl sites for hydroxylation is 2. The Bertz CT molecular complexity index is 1180. The summed E-state index contributed by atoms with van der Waals surface area (Å²) in [6.07, 6.45) is 1.84. The monoisotopic (exact) mass is 419 g/mol. The van der Waals surface area contributed by atoms with Gasteiger partial charge in [0.15, 0.2) is 0 Å². The van der Waals surface area contributed by atoms with Crippen LogP contribution in [0.15, 0.2) is 51.7 Å². The van der Waals surface area contributed by atoms with Gasteiger partial charge >= 0.3 is 5.63 Å². The summed E-state index contributed by atoms with van der Waals surface area (Å²) in [5, 5.41) is 3.81. The van der Waals surface area contributed by atoms with E-state index in [1.54, 1.807) is 0 Å². The lowest BCUT2D eigenvalue weighted by atomic mass is 9.92. The number of carbonyl (C=O) groups excluding carboxylic acids is 1. The van der Waals surface area contributed by atoms with Crippen LogP contribution in [0.1, 0.15) is 55.4 Å². The van der Waals surface area contributed by atoms with Gasteiger partial charge in [0.2, 0.25) is 5.91 Å². The third kappa shape index (κ3) is 4.50. The Balaban J connectivity index is 1.54. The van der Waals surface area contributed by atoms with Crippen LogP contribution in [0, 0.1) is 6.92 Å². The molecule has 31 heavy (non-hydrogen) atoms. The smallest absolute Gasteiger partial charge is 0.340 e. The van der Waals surface area contributed by atoms with E-state index >= 15 is 0 Å². The van der Waals surface area contributed by atoms with Gasteiger partial charge in [-0.25, -0.2) is 4.79 Å². The molecule has 0 radical (unpaired) electrons. The first kappa shape index (κ1) is 21.2. The molecule has 162 valence electrons. The first-order valence-corrected chi connectivity index (χ1v) is 10.8. The summed E-state index contributed by atoms with van der Waals surface area (Å²) in [4.78, 5) is 25.2. The fraction of sp³-hybridized carbons (Fsp3) is 0.385. The first-order valence-electron chi connectivity index (χ1n) is 10.8. The zero-order chi connectivity index (χ0) is 22.2. The number of nitrogens with one attached hydrogen (secondary N) is 1. The van der Waals surface area contributed by atoms with Crippen LogP contribution in [0.5, 0.6) is 5.75 Å². The molecular weight excluding hydrogens is 390 g/mol. The van der Waals surface area contributed by atoms with Crippen molar-refractivity contribution in [2.75, 3.05) is 6.54 Å². The Morgan fingerprint density at radius 2 is 1.94 bits per heavy atom. The number of ether oxygens (including phenoxy) is 1. The van der Waals surface area contributed by atoms with Gasteiger partial charge in [0.25, 0.3) is 0 Å². The van der Waals surface area contributed by atoms with Crippen LogP contribution in [0.4, 0.5) is 0 Å². The molecule has 5 heteroatoms. The van der Waals surface area contributed by atoms with Crippen LogP contribution in [0.25, 0.3) is 11.0 Å². The minimum Gasteiger partial charge on any atom is -0.487 e. The lowest BCUT2D eigenvalue weighted by Crippen LogP contribution is -2.32. The van der Waals surface area contributed by atoms with Crippen molar-refractivity contribution < 1.29 is 13.9 Å². The number of carbonyl (C=O) groups is 1. The normalized spacial score (nSPS) is 15.7. The van der Waals surface area contributed by atoms with E-state index < -0.39 is 5.63 Å². The molecule has 5 nitrogen and oxygen atoms in total. The van der Waals surface area contributed by atoms with E-state index in [-0.39, 0.29) is 23.8 Å². The molecule has 3 aromatic rings. The Morgan fingerprint density at radius 1 is 1.19 bits per heavy atom. The topological polar surface area (TPSA) is 68.5 Å². The lowest BCUT2D eigenvalue weighted by molar-refractivity contribution is -0.120. The maximum absolute atomic E-state index is 12.7. The predicted molar refractivity (Wildman–Crippen MR) is 122 cm³/mol. The van der Waals surface area contributed by atoms with Gasteiger partial charge in [0.1, 0.15) is 16.9 Å². The zero-order valence-corrected chi connectivity index (χ0v) is 18.6. The number of benzene rings is 2. The maximum atomic E-state index is 12.7. The van der Waals surface area contributed by atoms with Crippen molar-refractivity contribution in [1.82, 2.24) is 5.32 Å². The summed E-state index contributed by atoms with van der Waals surface area (Å²) in [6.45, 7) is 8.58. The van der Waals surface area contributed by atoms with Crippen LogP contribution >= 0.6 is 0 Å². The lowest BCUT2D eigenvalue weighted by Gasteiger charge is -2.32. The van der Waals surface area contributed by atoms with E-state index in [0.717, 1.165) is 35.1 Å². The number of fused-ring (bicyclic) bond motifs is 2. The van der Waals surface area contributed by atoms with E-state index in [1.807, 2.05) is 49.4 Å². The minimum atomic E-state index is -0.466.